The molecular formula is C16H24BFO3. The van der Waals surface area contributed by atoms with Gasteiger partial charge in [-0.05, 0) is 42.1 Å². The molecule has 2 atom stereocenters. The molecule has 1 fully saturated rings. The van der Waals surface area contributed by atoms with Crippen molar-refractivity contribution in [2.75, 3.05) is 0 Å². The van der Waals surface area contributed by atoms with Gasteiger partial charge in [0.25, 0.3) is 0 Å². The summed E-state index contributed by atoms with van der Waals surface area (Å²) < 4.78 is 19.8. The molecule has 0 aromatic heterocycles. The summed E-state index contributed by atoms with van der Waals surface area (Å²) in [5.74, 6) is 0.166. The van der Waals surface area contributed by atoms with Gasteiger partial charge in [-0.1, -0.05) is 32.9 Å². The van der Waals surface area contributed by atoms with Crippen LogP contribution >= 0.6 is 0 Å². The molecule has 0 spiro atoms. The van der Waals surface area contributed by atoms with Crippen molar-refractivity contribution in [2.45, 2.75) is 52.7 Å². The van der Waals surface area contributed by atoms with E-state index < -0.39 is 12.9 Å². The second-order valence-electron chi connectivity index (χ2n) is 7.07. The number of benzene rings is 1. The van der Waals surface area contributed by atoms with Crippen LogP contribution in [0, 0.1) is 17.2 Å². The van der Waals surface area contributed by atoms with E-state index in [2.05, 4.69) is 20.8 Å². The summed E-state index contributed by atoms with van der Waals surface area (Å²) in [5, 5.41) is 18.0. The highest BCUT2D eigenvalue weighted by Crippen LogP contribution is 2.39. The van der Waals surface area contributed by atoms with Crippen LogP contribution in [-0.2, 0) is 11.3 Å². The van der Waals surface area contributed by atoms with E-state index in [1.54, 1.807) is 6.07 Å². The molecule has 0 heterocycles. The Balaban J connectivity index is 1.97. The van der Waals surface area contributed by atoms with Crippen molar-refractivity contribution < 1.29 is 19.2 Å². The molecule has 1 aromatic rings. The molecule has 2 rings (SSSR count). The van der Waals surface area contributed by atoms with Gasteiger partial charge >= 0.3 is 7.12 Å². The fourth-order valence-electron chi connectivity index (χ4n) is 3.43. The molecule has 0 amide bonds. The first-order chi connectivity index (χ1) is 9.77. The lowest BCUT2D eigenvalue weighted by molar-refractivity contribution is -0.0324. The lowest BCUT2D eigenvalue weighted by Gasteiger charge is -2.38. The molecule has 1 saturated carbocycles. The first-order valence-electron chi connectivity index (χ1n) is 7.53. The van der Waals surface area contributed by atoms with Gasteiger partial charge in [-0.25, -0.2) is 4.39 Å². The van der Waals surface area contributed by atoms with Gasteiger partial charge in [0, 0.05) is 5.56 Å². The zero-order valence-corrected chi connectivity index (χ0v) is 13.0. The third kappa shape index (κ3) is 4.53. The van der Waals surface area contributed by atoms with E-state index >= 15 is 0 Å². The van der Waals surface area contributed by atoms with Gasteiger partial charge in [-0.3, -0.25) is 0 Å². The second-order valence-corrected chi connectivity index (χ2v) is 7.07. The van der Waals surface area contributed by atoms with Crippen molar-refractivity contribution >= 4 is 12.6 Å². The third-order valence-corrected chi connectivity index (χ3v) is 4.20. The van der Waals surface area contributed by atoms with Crippen LogP contribution in [-0.4, -0.2) is 23.3 Å². The van der Waals surface area contributed by atoms with Crippen LogP contribution in [0.1, 0.15) is 45.6 Å². The van der Waals surface area contributed by atoms with Crippen molar-refractivity contribution in [3.63, 3.8) is 0 Å². The highest BCUT2D eigenvalue weighted by atomic mass is 19.1. The number of ether oxygens (including phenoxy) is 1. The summed E-state index contributed by atoms with van der Waals surface area (Å²) in [6.45, 7) is 6.95. The molecule has 21 heavy (non-hydrogen) atoms. The number of hydrogen-bond donors (Lipinski definition) is 2. The Morgan fingerprint density at radius 2 is 2.05 bits per heavy atom. The van der Waals surface area contributed by atoms with Gasteiger partial charge in [-0.2, -0.15) is 0 Å². The smallest absolute Gasteiger partial charge is 0.423 e. The zero-order valence-electron chi connectivity index (χ0n) is 13.0. The molecule has 0 bridgehead atoms. The Kier molecular flexibility index (Phi) is 5.07. The first-order valence-corrected chi connectivity index (χ1v) is 7.53. The van der Waals surface area contributed by atoms with Gasteiger partial charge in [0.15, 0.2) is 0 Å². The average molecular weight is 294 g/mol. The van der Waals surface area contributed by atoms with Gasteiger partial charge in [0.1, 0.15) is 5.82 Å². The van der Waals surface area contributed by atoms with E-state index in [9.17, 15) is 4.39 Å². The first kappa shape index (κ1) is 16.5. The largest absolute Gasteiger partial charge is 0.488 e. The predicted octanol–water partition coefficient (Wildman–Crippen LogP) is 2.24. The topological polar surface area (TPSA) is 49.7 Å². The third-order valence-electron chi connectivity index (χ3n) is 4.20. The highest BCUT2D eigenvalue weighted by Gasteiger charge is 2.32. The molecule has 3 nitrogen and oxygen atoms in total. The molecule has 0 saturated heterocycles. The van der Waals surface area contributed by atoms with Crippen LogP contribution in [0.2, 0.25) is 0 Å². The van der Waals surface area contributed by atoms with Crippen LogP contribution in [0.4, 0.5) is 4.39 Å². The normalized spacial score (nSPS) is 24.9. The fraction of sp³-hybridized carbons (Fsp3) is 0.625. The summed E-state index contributed by atoms with van der Waals surface area (Å²) in [6, 6.07) is 4.22. The maximum Gasteiger partial charge on any atom is 0.488 e. The van der Waals surface area contributed by atoms with E-state index in [4.69, 9.17) is 14.8 Å². The van der Waals surface area contributed by atoms with Crippen molar-refractivity contribution in [1.29, 1.82) is 0 Å². The highest BCUT2D eigenvalue weighted by molar-refractivity contribution is 6.58. The molecule has 2 unspecified atom stereocenters. The summed E-state index contributed by atoms with van der Waals surface area (Å²) in [5.41, 5.74) is 0.880. The fourth-order valence-corrected chi connectivity index (χ4v) is 3.43. The quantitative estimate of drug-likeness (QED) is 0.837. The van der Waals surface area contributed by atoms with Gasteiger partial charge in [0.05, 0.1) is 12.7 Å². The Labute approximate surface area is 126 Å². The minimum absolute atomic E-state index is 0.156. The van der Waals surface area contributed by atoms with Crippen LogP contribution in [0.25, 0.3) is 0 Å². The number of hydrogen-bond acceptors (Lipinski definition) is 3. The van der Waals surface area contributed by atoms with Crippen molar-refractivity contribution in [3.8, 4) is 0 Å². The summed E-state index contributed by atoms with van der Waals surface area (Å²) in [6.07, 6.45) is 3.36. The van der Waals surface area contributed by atoms with Gasteiger partial charge in [-0.15, -0.1) is 0 Å². The Bertz CT molecular complexity index is 490. The predicted molar refractivity (Wildman–Crippen MR) is 81.6 cm³/mol. The average Bonchev–Trinajstić information content (AvgIpc) is 2.34. The molecule has 1 aliphatic rings. The minimum atomic E-state index is -1.64. The van der Waals surface area contributed by atoms with Crippen LogP contribution in [0.15, 0.2) is 18.2 Å². The SMILES string of the molecule is CC1CC(OCc2ccc(B(O)O)cc2F)CC(C)(C)C1. The molecule has 2 N–H and O–H groups in total. The van der Waals surface area contributed by atoms with Crippen LogP contribution < -0.4 is 5.46 Å². The van der Waals surface area contributed by atoms with Crippen molar-refractivity contribution in [1.82, 2.24) is 0 Å². The molecule has 0 aliphatic heterocycles. The second kappa shape index (κ2) is 6.47. The summed E-state index contributed by atoms with van der Waals surface area (Å²) in [7, 11) is -1.64. The van der Waals surface area contributed by atoms with Crippen molar-refractivity contribution in [2.24, 2.45) is 11.3 Å². The van der Waals surface area contributed by atoms with Gasteiger partial charge in [0.2, 0.25) is 0 Å². The summed E-state index contributed by atoms with van der Waals surface area (Å²) in [4.78, 5) is 0. The van der Waals surface area contributed by atoms with E-state index in [-0.39, 0.29) is 23.6 Å². The number of rotatable bonds is 4. The van der Waals surface area contributed by atoms with Crippen LogP contribution in [0.3, 0.4) is 0 Å². The lowest BCUT2D eigenvalue weighted by atomic mass is 9.71. The summed E-state index contributed by atoms with van der Waals surface area (Å²) >= 11 is 0. The van der Waals surface area contributed by atoms with E-state index in [1.807, 2.05) is 0 Å². The molecule has 1 aromatic carbocycles. The maximum atomic E-state index is 13.9. The van der Waals surface area contributed by atoms with Crippen LogP contribution in [0.5, 0.6) is 0 Å². The minimum Gasteiger partial charge on any atom is -0.423 e. The van der Waals surface area contributed by atoms with E-state index in [1.165, 1.54) is 12.5 Å². The lowest BCUT2D eigenvalue weighted by Crippen LogP contribution is -2.33. The van der Waals surface area contributed by atoms with Gasteiger partial charge < -0.3 is 14.8 Å². The zero-order chi connectivity index (χ0) is 15.6. The monoisotopic (exact) mass is 294 g/mol. The molecule has 5 heteroatoms. The molecule has 0 radical (unpaired) electrons. The Hall–Kier alpha value is -0.905. The van der Waals surface area contributed by atoms with E-state index in [0.29, 0.717) is 11.5 Å². The van der Waals surface area contributed by atoms with Crippen molar-refractivity contribution in [3.05, 3.63) is 29.6 Å². The Morgan fingerprint density at radius 3 is 2.62 bits per heavy atom. The standard InChI is InChI=1S/C16H24BFO3/c1-11-6-14(9-16(2,3)8-11)21-10-12-4-5-13(17(19)20)7-15(12)18/h4-5,7,11,14,19-20H,6,8-10H2,1-3H3. The molecular weight excluding hydrogens is 270 g/mol. The maximum absolute atomic E-state index is 13.9. The molecule has 116 valence electrons. The molecule has 1 aliphatic carbocycles. The Morgan fingerprint density at radius 1 is 1.33 bits per heavy atom. The van der Waals surface area contributed by atoms with E-state index in [0.717, 1.165) is 18.9 Å². The number of halogens is 1.